The van der Waals surface area contributed by atoms with Crippen molar-refractivity contribution in [1.82, 2.24) is 14.5 Å². The van der Waals surface area contributed by atoms with Gasteiger partial charge in [0.15, 0.2) is 0 Å². The fraction of sp³-hybridized carbons (Fsp3) is 0.688. The van der Waals surface area contributed by atoms with Gasteiger partial charge in [-0.15, -0.1) is 0 Å². The number of rotatable bonds is 9. The second kappa shape index (κ2) is 12.3. The van der Waals surface area contributed by atoms with Gasteiger partial charge < -0.3 is 14.7 Å². The molecule has 2 aliphatic carbocycles. The molecule has 4 unspecified atom stereocenters. The predicted octanol–water partition coefficient (Wildman–Crippen LogP) is 5.99. The van der Waals surface area contributed by atoms with E-state index in [1.54, 1.807) is 13.0 Å². The Kier molecular flexibility index (Phi) is 8.85. The largest absolute Gasteiger partial charge is 0.466 e. The highest BCUT2D eigenvalue weighted by Gasteiger charge is 2.47. The number of carbonyl (C=O) groups excluding carboxylic acids is 1. The van der Waals surface area contributed by atoms with Gasteiger partial charge in [0.05, 0.1) is 30.1 Å². The molecular weight excluding hydrogens is 488 g/mol. The predicted molar refractivity (Wildman–Crippen MR) is 155 cm³/mol. The van der Waals surface area contributed by atoms with E-state index in [2.05, 4.69) is 16.5 Å². The summed E-state index contributed by atoms with van der Waals surface area (Å²) in [5, 5.41) is 8.62. The van der Waals surface area contributed by atoms with Crippen LogP contribution in [0.1, 0.15) is 114 Å². The minimum absolute atomic E-state index is 0.0802. The highest BCUT2D eigenvalue weighted by molar-refractivity contribution is 5.97. The highest BCUT2D eigenvalue weighted by atomic mass is 16.5. The molecule has 4 fully saturated rings. The smallest absolute Gasteiger partial charge is 0.306 e. The minimum Gasteiger partial charge on any atom is -0.466 e. The molecule has 5 rings (SSSR count). The fourth-order valence-corrected chi connectivity index (χ4v) is 8.27. The molecule has 39 heavy (non-hydrogen) atoms. The van der Waals surface area contributed by atoms with E-state index >= 15 is 0 Å². The molecule has 0 spiro atoms. The Hall–Kier alpha value is -2.54. The molecule has 0 aromatic carbocycles. The zero-order valence-corrected chi connectivity index (χ0v) is 23.9. The van der Waals surface area contributed by atoms with Gasteiger partial charge in [0.25, 0.3) is 5.56 Å². The Morgan fingerprint density at radius 1 is 1.00 bits per heavy atom. The molecule has 7 nitrogen and oxygen atoms in total. The van der Waals surface area contributed by atoms with E-state index in [1.165, 1.54) is 57.8 Å². The third-order valence-corrected chi connectivity index (χ3v) is 9.80. The molecule has 0 amide bonds. The second-order valence-corrected chi connectivity index (χ2v) is 12.3. The first-order valence-electron chi connectivity index (χ1n) is 15.3. The van der Waals surface area contributed by atoms with Crippen LogP contribution in [0.25, 0.3) is 6.08 Å². The monoisotopic (exact) mass is 534 g/mol. The van der Waals surface area contributed by atoms with Crippen LogP contribution in [0.4, 0.5) is 0 Å². The molecule has 4 aliphatic rings. The van der Waals surface area contributed by atoms with Crippen LogP contribution >= 0.6 is 0 Å². The Morgan fingerprint density at radius 2 is 1.67 bits per heavy atom. The maximum Gasteiger partial charge on any atom is 0.306 e. The van der Waals surface area contributed by atoms with Crippen molar-refractivity contribution in [2.24, 2.45) is 11.8 Å². The maximum absolute atomic E-state index is 14.0. The van der Waals surface area contributed by atoms with Crippen LogP contribution in [0.15, 0.2) is 23.5 Å². The van der Waals surface area contributed by atoms with Crippen molar-refractivity contribution < 1.29 is 9.53 Å². The third-order valence-electron chi connectivity index (χ3n) is 9.80. The van der Waals surface area contributed by atoms with Gasteiger partial charge in [-0.25, -0.2) is 4.98 Å². The van der Waals surface area contributed by atoms with E-state index in [0.29, 0.717) is 24.7 Å². The lowest BCUT2D eigenvalue weighted by molar-refractivity contribution is -0.142. The fourth-order valence-electron chi connectivity index (χ4n) is 8.27. The van der Waals surface area contributed by atoms with Crippen molar-refractivity contribution in [3.05, 3.63) is 46.2 Å². The van der Waals surface area contributed by atoms with Crippen LogP contribution in [0.2, 0.25) is 0 Å². The van der Waals surface area contributed by atoms with Crippen LogP contribution in [-0.4, -0.2) is 50.9 Å². The topological polar surface area (TPSA) is 88.3 Å². The summed E-state index contributed by atoms with van der Waals surface area (Å²) in [6, 6.07) is 1.82. The molecule has 3 heterocycles. The van der Waals surface area contributed by atoms with E-state index in [1.807, 2.05) is 23.6 Å². The molecular formula is C32H46N4O3. The number of ether oxygens (including phenoxy) is 1. The Labute approximate surface area is 233 Å². The van der Waals surface area contributed by atoms with Gasteiger partial charge in [-0.1, -0.05) is 44.4 Å². The number of fused-ring (bicyclic) bond motifs is 4. The maximum atomic E-state index is 14.0. The standard InChI is InChI=1S/C32H46N4O3/c1-4-6-11-29-21(3)34-31(28(33)14-15-30(37)39-5-2)32(38)36(29)27-19-24-12-13-25(20-27)35(24)26-17-22-9-7-8-10-23(16-22)18-26/h4,6,11,22-27,33H,1,5,7-10,12-20H2,2-3H3. The summed E-state index contributed by atoms with van der Waals surface area (Å²) >= 11 is 0. The zero-order chi connectivity index (χ0) is 27.5. The summed E-state index contributed by atoms with van der Waals surface area (Å²) in [5.74, 6) is 1.45. The van der Waals surface area contributed by atoms with Crippen molar-refractivity contribution in [2.75, 3.05) is 6.61 Å². The first-order valence-corrected chi connectivity index (χ1v) is 15.3. The molecule has 212 valence electrons. The van der Waals surface area contributed by atoms with E-state index < -0.39 is 0 Å². The molecule has 4 atom stereocenters. The van der Waals surface area contributed by atoms with E-state index in [-0.39, 0.29) is 41.8 Å². The molecule has 2 saturated heterocycles. The Balaban J connectivity index is 1.41. The third kappa shape index (κ3) is 5.98. The zero-order valence-electron chi connectivity index (χ0n) is 23.9. The summed E-state index contributed by atoms with van der Waals surface area (Å²) < 4.78 is 6.95. The minimum atomic E-state index is -0.351. The number of esters is 1. The van der Waals surface area contributed by atoms with Crippen LogP contribution < -0.4 is 5.56 Å². The Morgan fingerprint density at radius 3 is 2.28 bits per heavy atom. The van der Waals surface area contributed by atoms with E-state index in [4.69, 9.17) is 10.1 Å². The number of nitrogens with zero attached hydrogens (tertiary/aromatic N) is 3. The van der Waals surface area contributed by atoms with Crippen LogP contribution in [0.3, 0.4) is 0 Å². The summed E-state index contributed by atoms with van der Waals surface area (Å²) in [6.45, 7) is 7.81. The lowest BCUT2D eigenvalue weighted by Gasteiger charge is -2.48. The number of piperidine rings is 1. The van der Waals surface area contributed by atoms with Gasteiger partial charge in [0.1, 0.15) is 5.69 Å². The normalized spacial score (nSPS) is 30.7. The van der Waals surface area contributed by atoms with Crippen molar-refractivity contribution in [3.63, 3.8) is 0 Å². The van der Waals surface area contributed by atoms with E-state index in [9.17, 15) is 9.59 Å². The number of nitrogens with one attached hydrogen (secondary N) is 1. The van der Waals surface area contributed by atoms with Gasteiger partial charge in [-0.05, 0) is 76.7 Å². The van der Waals surface area contributed by atoms with Gasteiger partial charge in [-0.3, -0.25) is 14.5 Å². The van der Waals surface area contributed by atoms with Crippen LogP contribution in [0, 0.1) is 24.2 Å². The van der Waals surface area contributed by atoms with Crippen LogP contribution in [0.5, 0.6) is 0 Å². The SMILES string of the molecule is C=CC=Cc1c(C)nc(C(=N)CCC(=O)OCC)c(=O)n1C1CC2CCC(C1)N2C1CC2CCCCC(C2)C1. The molecule has 4 bridgehead atoms. The molecule has 1 N–H and O–H groups in total. The average molecular weight is 535 g/mol. The average Bonchev–Trinajstić information content (AvgIpc) is 3.07. The number of carbonyl (C=O) groups is 1. The van der Waals surface area contributed by atoms with Crippen molar-refractivity contribution in [3.8, 4) is 0 Å². The molecule has 7 heteroatoms. The van der Waals surface area contributed by atoms with Gasteiger partial charge in [-0.2, -0.15) is 0 Å². The van der Waals surface area contributed by atoms with Crippen LogP contribution in [-0.2, 0) is 9.53 Å². The lowest BCUT2D eigenvalue weighted by atomic mass is 9.76. The highest BCUT2D eigenvalue weighted by Crippen LogP contribution is 2.47. The molecule has 2 aliphatic heterocycles. The number of hydrogen-bond acceptors (Lipinski definition) is 6. The molecule has 1 aromatic heterocycles. The van der Waals surface area contributed by atoms with Crippen molar-refractivity contribution >= 4 is 17.8 Å². The molecule has 2 saturated carbocycles. The van der Waals surface area contributed by atoms with Gasteiger partial charge in [0, 0.05) is 30.6 Å². The summed E-state index contributed by atoms with van der Waals surface area (Å²) in [6.07, 6.45) is 19.9. The lowest BCUT2D eigenvalue weighted by Crippen LogP contribution is -2.52. The summed E-state index contributed by atoms with van der Waals surface area (Å²) in [5.41, 5.74) is 1.60. The van der Waals surface area contributed by atoms with Gasteiger partial charge in [0.2, 0.25) is 0 Å². The van der Waals surface area contributed by atoms with E-state index in [0.717, 1.165) is 36.1 Å². The quantitative estimate of drug-likeness (QED) is 0.239. The van der Waals surface area contributed by atoms with Crippen molar-refractivity contribution in [1.29, 1.82) is 5.41 Å². The first kappa shape index (κ1) is 28.0. The first-order chi connectivity index (χ1) is 18.9. The van der Waals surface area contributed by atoms with Gasteiger partial charge >= 0.3 is 5.97 Å². The molecule has 0 radical (unpaired) electrons. The number of aromatic nitrogens is 2. The van der Waals surface area contributed by atoms with Crippen molar-refractivity contribution in [2.45, 2.75) is 121 Å². The number of hydrogen-bond donors (Lipinski definition) is 1. The second-order valence-electron chi connectivity index (χ2n) is 12.3. The molecule has 1 aromatic rings. The number of allylic oxidation sites excluding steroid dienone is 2. The number of aryl methyl sites for hydroxylation is 1. The summed E-state index contributed by atoms with van der Waals surface area (Å²) in [7, 11) is 0. The summed E-state index contributed by atoms with van der Waals surface area (Å²) in [4.78, 5) is 33.3. The Bertz CT molecular complexity index is 1140.